The number of carbonyl (C=O) groups excluding carboxylic acids is 3. The number of unbranched alkanes of at least 4 members (excludes halogenated alkanes) is 14. The van der Waals surface area contributed by atoms with E-state index in [1.807, 2.05) is 6.92 Å². The van der Waals surface area contributed by atoms with Crippen molar-refractivity contribution in [3.63, 3.8) is 0 Å². The Morgan fingerprint density at radius 3 is 1.75 bits per heavy atom. The van der Waals surface area contributed by atoms with Crippen LogP contribution < -0.4 is 5.32 Å². The van der Waals surface area contributed by atoms with Crippen molar-refractivity contribution in [3.8, 4) is 0 Å². The predicted molar refractivity (Wildman–Crippen MR) is 202 cm³/mol. The molecule has 1 N–H and O–H groups in total. The quantitative estimate of drug-likeness (QED) is 0.0386. The van der Waals surface area contributed by atoms with Gasteiger partial charge >= 0.3 is 18.0 Å². The number of amides is 1. The average molecular weight is 740 g/mol. The van der Waals surface area contributed by atoms with Crippen molar-refractivity contribution in [2.24, 2.45) is 11.8 Å². The van der Waals surface area contributed by atoms with E-state index in [4.69, 9.17) is 18.4 Å². The largest absolute Gasteiger partial charge is 0.465 e. The van der Waals surface area contributed by atoms with Gasteiger partial charge in [0.2, 0.25) is 0 Å². The van der Waals surface area contributed by atoms with Crippen LogP contribution in [0.2, 0.25) is 0 Å². The van der Waals surface area contributed by atoms with Crippen LogP contribution in [-0.4, -0.2) is 57.9 Å². The summed E-state index contributed by atoms with van der Waals surface area (Å²) in [6, 6.07) is 5.38. The van der Waals surface area contributed by atoms with Gasteiger partial charge in [-0.2, -0.15) is 8.42 Å². The van der Waals surface area contributed by atoms with E-state index in [1.165, 1.54) is 89.2 Å². The van der Waals surface area contributed by atoms with Gasteiger partial charge in [0.05, 0.1) is 24.7 Å². The molecular weight excluding hydrogens is 671 g/mol. The monoisotopic (exact) mass is 739 g/mol. The number of hydrogen-bond acceptors (Lipinski definition) is 9. The molecule has 1 aromatic rings. The molecule has 2 atom stereocenters. The molecule has 0 saturated carbocycles. The number of benzene rings is 1. The van der Waals surface area contributed by atoms with Gasteiger partial charge in [-0.3, -0.25) is 8.98 Å². The standard InChI is InChI=1S/C40H69NO9S/c1-8-9-10-11-12-13-14-15-16-17-18-19-20-21-22-23-36(42)48-30-34(31-49-51(45,46)35-26-24-33(4)25-27-35)28-29-47-38(43)37(32(2)3)41-39(44)50-40(5,6)7/h24-27,32,34,37H,8-23,28-31H2,1-7H3,(H,41,44)/t34-,37-/m0/s1. The smallest absolute Gasteiger partial charge is 0.408 e. The summed E-state index contributed by atoms with van der Waals surface area (Å²) in [4.78, 5) is 37.8. The van der Waals surface area contributed by atoms with E-state index in [9.17, 15) is 22.8 Å². The third-order valence-electron chi connectivity index (χ3n) is 8.60. The van der Waals surface area contributed by atoms with Crippen molar-refractivity contribution in [2.45, 2.75) is 174 Å². The van der Waals surface area contributed by atoms with Gasteiger partial charge in [-0.1, -0.05) is 128 Å². The average Bonchev–Trinajstić information content (AvgIpc) is 3.05. The first kappa shape index (κ1) is 46.4. The lowest BCUT2D eigenvalue weighted by atomic mass is 10.0. The Morgan fingerprint density at radius 1 is 0.745 bits per heavy atom. The van der Waals surface area contributed by atoms with E-state index in [2.05, 4.69) is 12.2 Å². The summed E-state index contributed by atoms with van der Waals surface area (Å²) >= 11 is 0. The topological polar surface area (TPSA) is 134 Å². The van der Waals surface area contributed by atoms with Crippen LogP contribution >= 0.6 is 0 Å². The van der Waals surface area contributed by atoms with Gasteiger partial charge in [-0.15, -0.1) is 0 Å². The molecule has 1 amide bonds. The Hall–Kier alpha value is -2.66. The first-order valence-corrected chi connectivity index (χ1v) is 20.8. The Bertz CT molecular complexity index is 1210. The first-order valence-electron chi connectivity index (χ1n) is 19.4. The zero-order chi connectivity index (χ0) is 38.1. The second-order valence-electron chi connectivity index (χ2n) is 15.1. The molecule has 294 valence electrons. The number of ether oxygens (including phenoxy) is 3. The fraction of sp³-hybridized carbons (Fsp3) is 0.775. The summed E-state index contributed by atoms with van der Waals surface area (Å²) in [7, 11) is -4.05. The number of hydrogen-bond donors (Lipinski definition) is 1. The van der Waals surface area contributed by atoms with E-state index < -0.39 is 39.7 Å². The predicted octanol–water partition coefficient (Wildman–Crippen LogP) is 9.60. The molecule has 1 aromatic carbocycles. The minimum atomic E-state index is -4.05. The normalized spacial score (nSPS) is 13.1. The Kier molecular flexibility index (Phi) is 23.8. The summed E-state index contributed by atoms with van der Waals surface area (Å²) in [5, 5.41) is 2.56. The lowest BCUT2D eigenvalue weighted by Crippen LogP contribution is -2.47. The van der Waals surface area contributed by atoms with Crippen LogP contribution in [0.4, 0.5) is 4.79 Å². The molecule has 0 heterocycles. The summed E-state index contributed by atoms with van der Waals surface area (Å²) in [5.41, 5.74) is 0.182. The Labute approximate surface area is 309 Å². The second-order valence-corrected chi connectivity index (χ2v) is 16.7. The van der Waals surface area contributed by atoms with Crippen molar-refractivity contribution < 1.29 is 41.2 Å². The van der Waals surface area contributed by atoms with Crippen molar-refractivity contribution in [1.82, 2.24) is 5.32 Å². The molecule has 0 unspecified atom stereocenters. The summed E-state index contributed by atoms with van der Waals surface area (Å²) < 4.78 is 47.3. The maximum atomic E-state index is 12.9. The maximum Gasteiger partial charge on any atom is 0.408 e. The molecule has 0 aliphatic carbocycles. The molecule has 0 saturated heterocycles. The SMILES string of the molecule is CCCCCCCCCCCCCCCCCC(=O)OC[C@H](CCOC(=O)[C@@H](NC(=O)OC(C)(C)C)C(C)C)COS(=O)(=O)c1ccc(C)cc1. The van der Waals surface area contributed by atoms with Crippen molar-refractivity contribution in [3.05, 3.63) is 29.8 Å². The van der Waals surface area contributed by atoms with E-state index in [0.29, 0.717) is 0 Å². The molecule has 0 aliphatic rings. The molecule has 0 bridgehead atoms. The van der Waals surface area contributed by atoms with Crippen molar-refractivity contribution in [2.75, 3.05) is 19.8 Å². The highest BCUT2D eigenvalue weighted by Gasteiger charge is 2.29. The lowest BCUT2D eigenvalue weighted by molar-refractivity contribution is -0.150. The number of nitrogens with one attached hydrogen (secondary N) is 1. The fourth-order valence-electron chi connectivity index (χ4n) is 5.45. The number of esters is 2. The van der Waals surface area contributed by atoms with Crippen LogP contribution in [0, 0.1) is 18.8 Å². The molecule has 0 fully saturated rings. The van der Waals surface area contributed by atoms with E-state index in [0.717, 1.165) is 24.8 Å². The molecule has 11 heteroatoms. The number of aryl methyl sites for hydroxylation is 1. The molecule has 0 spiro atoms. The van der Waals surface area contributed by atoms with Gasteiger partial charge in [0.1, 0.15) is 11.6 Å². The number of alkyl carbamates (subject to hydrolysis) is 1. The van der Waals surface area contributed by atoms with E-state index >= 15 is 0 Å². The van der Waals surface area contributed by atoms with Crippen molar-refractivity contribution in [1.29, 1.82) is 0 Å². The molecule has 10 nitrogen and oxygen atoms in total. The molecule has 1 rings (SSSR count). The van der Waals surface area contributed by atoms with Gasteiger partial charge in [0.25, 0.3) is 10.1 Å². The number of rotatable bonds is 28. The molecule has 51 heavy (non-hydrogen) atoms. The molecule has 0 aliphatic heterocycles. The Morgan fingerprint density at radius 2 is 1.25 bits per heavy atom. The molecule has 0 aromatic heterocycles. The third-order valence-corrected chi connectivity index (χ3v) is 9.89. The first-order chi connectivity index (χ1) is 24.1. The van der Waals surface area contributed by atoms with E-state index in [1.54, 1.807) is 46.8 Å². The summed E-state index contributed by atoms with van der Waals surface area (Å²) in [6.45, 7) is 12.4. The number of carbonyl (C=O) groups is 3. The van der Waals surface area contributed by atoms with E-state index in [-0.39, 0.29) is 49.4 Å². The maximum absolute atomic E-state index is 12.9. The van der Waals surface area contributed by atoms with Crippen LogP contribution in [0.15, 0.2) is 29.2 Å². The van der Waals surface area contributed by atoms with Crippen LogP contribution in [0.5, 0.6) is 0 Å². The highest BCUT2D eigenvalue weighted by atomic mass is 32.2. The van der Waals surface area contributed by atoms with Crippen LogP contribution in [0.1, 0.15) is 156 Å². The highest BCUT2D eigenvalue weighted by Crippen LogP contribution is 2.18. The summed E-state index contributed by atoms with van der Waals surface area (Å²) in [6.07, 6.45) is 18.3. The third kappa shape index (κ3) is 23.5. The fourth-order valence-corrected chi connectivity index (χ4v) is 6.42. The molecular formula is C40H69NO9S. The van der Waals surface area contributed by atoms with Gasteiger partial charge < -0.3 is 19.5 Å². The van der Waals surface area contributed by atoms with Gasteiger partial charge in [0.15, 0.2) is 0 Å². The van der Waals surface area contributed by atoms with Gasteiger partial charge in [0, 0.05) is 12.3 Å². The van der Waals surface area contributed by atoms with Crippen LogP contribution in [0.25, 0.3) is 0 Å². The summed E-state index contributed by atoms with van der Waals surface area (Å²) in [5.74, 6) is -1.83. The minimum absolute atomic E-state index is 0.0245. The van der Waals surface area contributed by atoms with Gasteiger partial charge in [-0.05, 0) is 58.6 Å². The minimum Gasteiger partial charge on any atom is -0.465 e. The zero-order valence-corrected chi connectivity index (χ0v) is 33.6. The highest BCUT2D eigenvalue weighted by molar-refractivity contribution is 7.86. The van der Waals surface area contributed by atoms with Gasteiger partial charge in [-0.25, -0.2) is 9.59 Å². The zero-order valence-electron chi connectivity index (χ0n) is 32.8. The second kappa shape index (κ2) is 26.2. The molecule has 0 radical (unpaired) electrons. The van der Waals surface area contributed by atoms with Crippen molar-refractivity contribution >= 4 is 28.1 Å². The Balaban J connectivity index is 2.52. The lowest BCUT2D eigenvalue weighted by Gasteiger charge is -2.25. The van der Waals surface area contributed by atoms with Crippen LogP contribution in [0.3, 0.4) is 0 Å². The van der Waals surface area contributed by atoms with Crippen LogP contribution in [-0.2, 0) is 38.1 Å².